The first-order chi connectivity index (χ1) is 15.2. The Morgan fingerprint density at radius 3 is 2.22 bits per heavy atom. The molecule has 0 aliphatic carbocycles. The first-order valence-corrected chi connectivity index (χ1v) is 13.2. The van der Waals surface area contributed by atoms with Gasteiger partial charge in [0.1, 0.15) is 5.75 Å². The van der Waals surface area contributed by atoms with E-state index < -0.39 is 20.0 Å². The molecule has 0 atom stereocenters. The molecule has 2 aromatic carbocycles. The van der Waals surface area contributed by atoms with Crippen LogP contribution < -0.4 is 14.8 Å². The van der Waals surface area contributed by atoms with E-state index in [9.17, 15) is 21.6 Å². The summed E-state index contributed by atoms with van der Waals surface area (Å²) in [7, 11) is -5.97. The van der Waals surface area contributed by atoms with E-state index >= 15 is 0 Å². The number of hydrogen-bond acceptors (Lipinski definition) is 6. The van der Waals surface area contributed by atoms with Crippen LogP contribution in [0.4, 0.5) is 5.69 Å². The van der Waals surface area contributed by atoms with Crippen LogP contribution in [0, 0.1) is 0 Å². The summed E-state index contributed by atoms with van der Waals surface area (Å²) in [5, 5.41) is 2.62. The van der Waals surface area contributed by atoms with Crippen molar-refractivity contribution < 1.29 is 26.4 Å². The van der Waals surface area contributed by atoms with E-state index in [1.807, 2.05) is 0 Å². The second-order valence-corrected chi connectivity index (χ2v) is 11.0. The minimum atomic E-state index is -3.88. The molecule has 3 rings (SSSR count). The van der Waals surface area contributed by atoms with Crippen LogP contribution in [-0.4, -0.2) is 47.2 Å². The molecule has 11 heteroatoms. The van der Waals surface area contributed by atoms with Crippen LogP contribution >= 0.6 is 0 Å². The molecule has 0 unspecified atom stereocenters. The van der Waals surface area contributed by atoms with Crippen molar-refractivity contribution >= 4 is 31.6 Å². The van der Waals surface area contributed by atoms with Crippen molar-refractivity contribution in [1.82, 2.24) is 9.03 Å². The van der Waals surface area contributed by atoms with Gasteiger partial charge in [-0.1, -0.05) is 19.1 Å². The van der Waals surface area contributed by atoms with Crippen LogP contribution in [0.1, 0.15) is 31.7 Å². The average molecular weight is 482 g/mol. The standard InChI is InChI=1S/C21H27N3O6S2/c1-3-21(25)23-19-14-18(10-11-20(19)30-2)31(26,27)22-15-16-6-8-17(9-7-16)32(28,29)24-12-4-5-13-24/h6-11,14,22H,3-5,12-13,15H2,1-2H3,(H,23,25). The topological polar surface area (TPSA) is 122 Å². The number of carbonyl (C=O) groups is 1. The fraction of sp³-hybridized carbons (Fsp3) is 0.381. The Morgan fingerprint density at radius 1 is 1.00 bits per heavy atom. The van der Waals surface area contributed by atoms with Crippen molar-refractivity contribution in [1.29, 1.82) is 0 Å². The van der Waals surface area contributed by atoms with Gasteiger partial charge in [-0.15, -0.1) is 0 Å². The number of ether oxygens (including phenoxy) is 1. The fourth-order valence-electron chi connectivity index (χ4n) is 3.31. The van der Waals surface area contributed by atoms with Gasteiger partial charge < -0.3 is 10.1 Å². The molecule has 1 aliphatic rings. The first-order valence-electron chi connectivity index (χ1n) is 10.2. The van der Waals surface area contributed by atoms with E-state index in [4.69, 9.17) is 4.74 Å². The van der Waals surface area contributed by atoms with E-state index in [1.54, 1.807) is 19.1 Å². The molecule has 2 N–H and O–H groups in total. The SMILES string of the molecule is CCC(=O)Nc1cc(S(=O)(=O)NCc2ccc(S(=O)(=O)N3CCCC3)cc2)ccc1OC. The quantitative estimate of drug-likeness (QED) is 0.567. The Balaban J connectivity index is 1.72. The minimum absolute atomic E-state index is 0.0188. The Kier molecular flexibility index (Phi) is 7.55. The lowest BCUT2D eigenvalue weighted by atomic mass is 10.2. The predicted octanol–water partition coefficient (Wildman–Crippen LogP) is 2.31. The lowest BCUT2D eigenvalue weighted by Gasteiger charge is -2.16. The maximum atomic E-state index is 12.7. The van der Waals surface area contributed by atoms with Gasteiger partial charge in [0.2, 0.25) is 26.0 Å². The Morgan fingerprint density at radius 2 is 1.62 bits per heavy atom. The largest absolute Gasteiger partial charge is 0.495 e. The maximum absolute atomic E-state index is 12.7. The molecule has 0 bridgehead atoms. The van der Waals surface area contributed by atoms with Crippen LogP contribution in [0.15, 0.2) is 52.3 Å². The lowest BCUT2D eigenvalue weighted by molar-refractivity contribution is -0.115. The highest BCUT2D eigenvalue weighted by Crippen LogP contribution is 2.28. The van der Waals surface area contributed by atoms with Gasteiger partial charge in [-0.05, 0) is 48.7 Å². The molecular formula is C21H27N3O6S2. The van der Waals surface area contributed by atoms with Gasteiger partial charge in [-0.25, -0.2) is 21.6 Å². The Labute approximate surface area is 188 Å². The van der Waals surface area contributed by atoms with Crippen LogP contribution in [0.25, 0.3) is 0 Å². The van der Waals surface area contributed by atoms with Crippen molar-refractivity contribution in [3.63, 3.8) is 0 Å². The highest BCUT2D eigenvalue weighted by Gasteiger charge is 2.27. The summed E-state index contributed by atoms with van der Waals surface area (Å²) in [5.41, 5.74) is 0.876. The monoisotopic (exact) mass is 481 g/mol. The molecule has 32 heavy (non-hydrogen) atoms. The molecule has 9 nitrogen and oxygen atoms in total. The number of methoxy groups -OCH3 is 1. The van der Waals surface area contributed by atoms with Crippen molar-refractivity contribution in [3.05, 3.63) is 48.0 Å². The van der Waals surface area contributed by atoms with E-state index in [2.05, 4.69) is 10.0 Å². The number of sulfonamides is 2. The molecule has 0 spiro atoms. The van der Waals surface area contributed by atoms with Gasteiger partial charge in [-0.3, -0.25) is 4.79 Å². The first kappa shape index (κ1) is 24.2. The number of nitrogens with one attached hydrogen (secondary N) is 2. The summed E-state index contributed by atoms with van der Waals surface area (Å²) in [6.07, 6.45) is 1.95. The molecule has 0 aromatic heterocycles. The van der Waals surface area contributed by atoms with E-state index in [0.717, 1.165) is 12.8 Å². The van der Waals surface area contributed by atoms with Gasteiger partial charge in [0.15, 0.2) is 0 Å². The van der Waals surface area contributed by atoms with Gasteiger partial charge in [-0.2, -0.15) is 4.31 Å². The van der Waals surface area contributed by atoms with Crippen LogP contribution in [-0.2, 0) is 31.4 Å². The van der Waals surface area contributed by atoms with Crippen molar-refractivity contribution in [2.24, 2.45) is 0 Å². The third kappa shape index (κ3) is 5.47. The number of rotatable bonds is 9. The van der Waals surface area contributed by atoms with Gasteiger partial charge >= 0.3 is 0 Å². The minimum Gasteiger partial charge on any atom is -0.495 e. The zero-order chi connectivity index (χ0) is 23.4. The summed E-state index contributed by atoms with van der Waals surface area (Å²) in [5.74, 6) is 0.0790. The Bertz CT molecular complexity index is 1170. The summed E-state index contributed by atoms with van der Waals surface area (Å²) in [6.45, 7) is 2.71. The molecule has 1 saturated heterocycles. The number of benzene rings is 2. The lowest BCUT2D eigenvalue weighted by Crippen LogP contribution is -2.28. The van der Waals surface area contributed by atoms with E-state index in [-0.39, 0.29) is 34.4 Å². The normalized spacial score (nSPS) is 14.9. The summed E-state index contributed by atoms with van der Waals surface area (Å²) in [6, 6.07) is 10.3. The zero-order valence-corrected chi connectivity index (χ0v) is 19.6. The van der Waals surface area contributed by atoms with E-state index in [1.165, 1.54) is 41.7 Å². The summed E-state index contributed by atoms with van der Waals surface area (Å²) >= 11 is 0. The number of nitrogens with zero attached hydrogens (tertiary/aromatic N) is 1. The second kappa shape index (κ2) is 9.99. The fourth-order valence-corrected chi connectivity index (χ4v) is 5.87. The third-order valence-corrected chi connectivity index (χ3v) is 8.48. The van der Waals surface area contributed by atoms with Crippen molar-refractivity contribution in [2.75, 3.05) is 25.5 Å². The van der Waals surface area contributed by atoms with Crippen LogP contribution in [0.5, 0.6) is 5.75 Å². The van der Waals surface area contributed by atoms with E-state index in [0.29, 0.717) is 24.4 Å². The van der Waals surface area contributed by atoms with Crippen molar-refractivity contribution in [3.8, 4) is 5.75 Å². The zero-order valence-electron chi connectivity index (χ0n) is 18.0. The molecule has 0 saturated carbocycles. The van der Waals surface area contributed by atoms with Gasteiger partial charge in [0.25, 0.3) is 0 Å². The molecular weight excluding hydrogens is 454 g/mol. The molecule has 1 amide bonds. The number of amides is 1. The molecule has 174 valence electrons. The molecule has 1 heterocycles. The van der Waals surface area contributed by atoms with Crippen LogP contribution in [0.2, 0.25) is 0 Å². The average Bonchev–Trinajstić information content (AvgIpc) is 3.34. The molecule has 1 aliphatic heterocycles. The highest BCUT2D eigenvalue weighted by atomic mass is 32.2. The number of carbonyl (C=O) groups excluding carboxylic acids is 1. The van der Waals surface area contributed by atoms with Gasteiger partial charge in [0, 0.05) is 26.1 Å². The summed E-state index contributed by atoms with van der Waals surface area (Å²) in [4.78, 5) is 11.9. The second-order valence-electron chi connectivity index (χ2n) is 7.34. The predicted molar refractivity (Wildman–Crippen MR) is 120 cm³/mol. The number of anilines is 1. The van der Waals surface area contributed by atoms with Crippen LogP contribution in [0.3, 0.4) is 0 Å². The molecule has 1 fully saturated rings. The summed E-state index contributed by atoms with van der Waals surface area (Å²) < 4.78 is 59.8. The van der Waals surface area contributed by atoms with Crippen molar-refractivity contribution in [2.45, 2.75) is 42.5 Å². The molecule has 0 radical (unpaired) electrons. The number of hydrogen-bond donors (Lipinski definition) is 2. The van der Waals surface area contributed by atoms with Gasteiger partial charge in [0.05, 0.1) is 22.6 Å². The Hall–Kier alpha value is -2.47. The maximum Gasteiger partial charge on any atom is 0.243 e. The third-order valence-electron chi connectivity index (χ3n) is 5.17. The smallest absolute Gasteiger partial charge is 0.243 e. The highest BCUT2D eigenvalue weighted by molar-refractivity contribution is 7.89. The molecule has 2 aromatic rings.